The Labute approximate surface area is 70.0 Å². The average molecular weight is 148 g/mol. The normalized spacial score (nSPS) is 10.5. The fourth-order valence-corrected chi connectivity index (χ4v) is 0.866. The number of hydrogen-bond acceptors (Lipinski definition) is 0. The lowest BCUT2D eigenvalue weighted by atomic mass is 10.1. The molecule has 0 N–H and O–H groups in total. The molecule has 0 rings (SSSR count). The monoisotopic (exact) mass is 148 g/mol. The lowest BCUT2D eigenvalue weighted by Crippen LogP contribution is -1.76. The quantitative estimate of drug-likeness (QED) is 0.425. The molecule has 0 unspecified atom stereocenters. The van der Waals surface area contributed by atoms with E-state index in [4.69, 9.17) is 6.42 Å². The van der Waals surface area contributed by atoms with Crippen LogP contribution in [-0.2, 0) is 0 Å². The molecule has 0 spiro atoms. The van der Waals surface area contributed by atoms with Crippen LogP contribution < -0.4 is 0 Å². The SMILES string of the molecule is C#CC/C=C(\C=C(C)C)CC. The minimum absolute atomic E-state index is 0.743. The van der Waals surface area contributed by atoms with Crippen LogP contribution in [0.1, 0.15) is 33.6 Å². The first-order valence-corrected chi connectivity index (χ1v) is 3.98. The minimum Gasteiger partial charge on any atom is -0.120 e. The van der Waals surface area contributed by atoms with E-state index in [2.05, 4.69) is 38.8 Å². The first kappa shape index (κ1) is 10.0. The van der Waals surface area contributed by atoms with Crippen LogP contribution in [0.5, 0.6) is 0 Å². The topological polar surface area (TPSA) is 0 Å². The molecule has 0 nitrogen and oxygen atoms in total. The Bertz CT molecular complexity index is 195. The molecule has 11 heavy (non-hydrogen) atoms. The molecule has 0 aliphatic heterocycles. The zero-order valence-corrected chi connectivity index (χ0v) is 7.65. The maximum absolute atomic E-state index is 5.15. The third-order valence-corrected chi connectivity index (χ3v) is 1.36. The van der Waals surface area contributed by atoms with Gasteiger partial charge in [0.05, 0.1) is 0 Å². The van der Waals surface area contributed by atoms with Crippen molar-refractivity contribution in [2.24, 2.45) is 0 Å². The van der Waals surface area contributed by atoms with E-state index < -0.39 is 0 Å². The zero-order valence-electron chi connectivity index (χ0n) is 7.65. The van der Waals surface area contributed by atoms with Gasteiger partial charge in [0, 0.05) is 6.42 Å². The first-order valence-electron chi connectivity index (χ1n) is 3.98. The van der Waals surface area contributed by atoms with Gasteiger partial charge in [-0.2, -0.15) is 0 Å². The van der Waals surface area contributed by atoms with Gasteiger partial charge >= 0.3 is 0 Å². The Morgan fingerprint density at radius 2 is 2.09 bits per heavy atom. The molecular weight excluding hydrogens is 132 g/mol. The van der Waals surface area contributed by atoms with E-state index in [-0.39, 0.29) is 0 Å². The highest BCUT2D eigenvalue weighted by Crippen LogP contribution is 2.06. The van der Waals surface area contributed by atoms with Gasteiger partial charge in [0.1, 0.15) is 0 Å². The second-order valence-electron chi connectivity index (χ2n) is 2.76. The van der Waals surface area contributed by atoms with Crippen molar-refractivity contribution in [3.05, 3.63) is 23.3 Å². The van der Waals surface area contributed by atoms with E-state index in [0.29, 0.717) is 0 Å². The third kappa shape index (κ3) is 5.48. The van der Waals surface area contributed by atoms with E-state index in [0.717, 1.165) is 12.8 Å². The Hall–Kier alpha value is -0.960. The van der Waals surface area contributed by atoms with Gasteiger partial charge in [-0.05, 0) is 20.3 Å². The molecule has 0 atom stereocenters. The summed E-state index contributed by atoms with van der Waals surface area (Å²) in [6.45, 7) is 6.33. The van der Waals surface area contributed by atoms with Gasteiger partial charge in [-0.25, -0.2) is 0 Å². The van der Waals surface area contributed by atoms with Crippen molar-refractivity contribution in [3.8, 4) is 12.3 Å². The van der Waals surface area contributed by atoms with Crippen LogP contribution in [0.25, 0.3) is 0 Å². The van der Waals surface area contributed by atoms with Crippen molar-refractivity contribution < 1.29 is 0 Å². The first-order chi connectivity index (χ1) is 5.20. The van der Waals surface area contributed by atoms with Crippen LogP contribution in [0.4, 0.5) is 0 Å². The second kappa shape index (κ2) is 5.80. The zero-order chi connectivity index (χ0) is 8.69. The summed E-state index contributed by atoms with van der Waals surface area (Å²) in [7, 11) is 0. The number of terminal acetylenes is 1. The van der Waals surface area contributed by atoms with Gasteiger partial charge in [-0.15, -0.1) is 12.3 Å². The lowest BCUT2D eigenvalue weighted by Gasteiger charge is -1.96. The maximum atomic E-state index is 5.15. The molecule has 60 valence electrons. The van der Waals surface area contributed by atoms with Crippen LogP contribution in [-0.4, -0.2) is 0 Å². The predicted octanol–water partition coefficient (Wildman–Crippen LogP) is 3.31. The summed E-state index contributed by atoms with van der Waals surface area (Å²) < 4.78 is 0. The van der Waals surface area contributed by atoms with E-state index >= 15 is 0 Å². The third-order valence-electron chi connectivity index (χ3n) is 1.36. The number of rotatable bonds is 3. The van der Waals surface area contributed by atoms with Gasteiger partial charge in [0.15, 0.2) is 0 Å². The summed E-state index contributed by atoms with van der Waals surface area (Å²) in [6, 6.07) is 0. The molecule has 0 aromatic rings. The Kier molecular flexibility index (Phi) is 5.29. The summed E-state index contributed by atoms with van der Waals surface area (Å²) in [5, 5.41) is 0. The van der Waals surface area contributed by atoms with Crippen molar-refractivity contribution in [2.45, 2.75) is 33.6 Å². The molecule has 0 saturated carbocycles. The van der Waals surface area contributed by atoms with Crippen molar-refractivity contribution >= 4 is 0 Å². The van der Waals surface area contributed by atoms with E-state index in [1.807, 2.05) is 0 Å². The molecule has 0 amide bonds. The summed E-state index contributed by atoms with van der Waals surface area (Å²) in [5.74, 6) is 2.60. The maximum Gasteiger partial charge on any atom is 0.0272 e. The average Bonchev–Trinajstić information content (AvgIpc) is 1.97. The van der Waals surface area contributed by atoms with Crippen molar-refractivity contribution in [2.75, 3.05) is 0 Å². The summed E-state index contributed by atoms with van der Waals surface area (Å²) in [4.78, 5) is 0. The highest BCUT2D eigenvalue weighted by molar-refractivity contribution is 5.22. The molecule has 0 heterocycles. The van der Waals surface area contributed by atoms with Crippen molar-refractivity contribution in [1.29, 1.82) is 0 Å². The van der Waals surface area contributed by atoms with E-state index in [9.17, 15) is 0 Å². The van der Waals surface area contributed by atoms with Crippen LogP contribution >= 0.6 is 0 Å². The van der Waals surface area contributed by atoms with Gasteiger partial charge in [0.25, 0.3) is 0 Å². The molecule has 0 aliphatic carbocycles. The van der Waals surface area contributed by atoms with E-state index in [1.165, 1.54) is 11.1 Å². The standard InChI is InChI=1S/C11H16/c1-5-7-8-11(6-2)9-10(3)4/h1,8-9H,6-7H2,2-4H3/b11-8-. The molecule has 0 aromatic carbocycles. The Morgan fingerprint density at radius 1 is 1.45 bits per heavy atom. The second-order valence-corrected chi connectivity index (χ2v) is 2.76. The Morgan fingerprint density at radius 3 is 2.45 bits per heavy atom. The molecule has 0 fully saturated rings. The molecule has 0 aliphatic rings. The van der Waals surface area contributed by atoms with Crippen molar-refractivity contribution in [1.82, 2.24) is 0 Å². The number of hydrogen-bond donors (Lipinski definition) is 0. The fraction of sp³-hybridized carbons (Fsp3) is 0.455. The fourth-order valence-electron chi connectivity index (χ4n) is 0.866. The predicted molar refractivity (Wildman–Crippen MR) is 51.3 cm³/mol. The van der Waals surface area contributed by atoms with Crippen molar-refractivity contribution in [3.63, 3.8) is 0 Å². The van der Waals surface area contributed by atoms with Crippen LogP contribution in [0.2, 0.25) is 0 Å². The van der Waals surface area contributed by atoms with Gasteiger partial charge in [0.2, 0.25) is 0 Å². The highest BCUT2D eigenvalue weighted by Gasteiger charge is 1.86. The van der Waals surface area contributed by atoms with Gasteiger partial charge < -0.3 is 0 Å². The van der Waals surface area contributed by atoms with E-state index in [1.54, 1.807) is 0 Å². The summed E-state index contributed by atoms with van der Waals surface area (Å²) in [6.07, 6.45) is 11.2. The molecule has 0 bridgehead atoms. The lowest BCUT2D eigenvalue weighted by molar-refractivity contribution is 1.12. The molecular formula is C11H16. The summed E-state index contributed by atoms with van der Waals surface area (Å²) in [5.41, 5.74) is 2.66. The van der Waals surface area contributed by atoms with Crippen LogP contribution in [0.3, 0.4) is 0 Å². The molecule has 0 heteroatoms. The van der Waals surface area contributed by atoms with Gasteiger partial charge in [-0.3, -0.25) is 0 Å². The Balaban J connectivity index is 4.19. The smallest absolute Gasteiger partial charge is 0.0272 e. The van der Waals surface area contributed by atoms with Crippen LogP contribution in [0, 0.1) is 12.3 Å². The molecule has 0 saturated heterocycles. The molecule has 0 radical (unpaired) electrons. The number of allylic oxidation sites excluding steroid dienone is 4. The van der Waals surface area contributed by atoms with Gasteiger partial charge in [-0.1, -0.05) is 30.2 Å². The minimum atomic E-state index is 0.743. The highest BCUT2D eigenvalue weighted by atomic mass is 13.9. The summed E-state index contributed by atoms with van der Waals surface area (Å²) >= 11 is 0. The molecule has 0 aromatic heterocycles. The largest absolute Gasteiger partial charge is 0.120 e. The van der Waals surface area contributed by atoms with Crippen LogP contribution in [0.15, 0.2) is 23.3 Å².